The molecule has 1 aromatic heterocycles. The van der Waals surface area contributed by atoms with Gasteiger partial charge in [0.25, 0.3) is 0 Å². The Bertz CT molecular complexity index is 648. The molecule has 0 atom stereocenters. The summed E-state index contributed by atoms with van der Waals surface area (Å²) in [6, 6.07) is 5.88. The third-order valence-corrected chi connectivity index (χ3v) is 2.59. The zero-order valence-corrected chi connectivity index (χ0v) is 11.1. The molecule has 0 aliphatic carbocycles. The van der Waals surface area contributed by atoms with Crippen molar-refractivity contribution in [1.82, 2.24) is 9.78 Å². The third-order valence-electron chi connectivity index (χ3n) is 2.59. The summed E-state index contributed by atoms with van der Waals surface area (Å²) < 4.78 is 49.0. The maximum Gasteiger partial charge on any atom is 0.436 e. The SMILES string of the molecule is COc1ccc(OC(=O)c2cn(C)nc2C(F)(F)F)cc1. The van der Waals surface area contributed by atoms with Crippen LogP contribution in [-0.4, -0.2) is 22.9 Å². The lowest BCUT2D eigenvalue weighted by molar-refractivity contribution is -0.141. The topological polar surface area (TPSA) is 53.4 Å². The lowest BCUT2D eigenvalue weighted by Gasteiger charge is -2.07. The maximum absolute atomic E-state index is 12.8. The van der Waals surface area contributed by atoms with E-state index in [9.17, 15) is 18.0 Å². The average molecular weight is 300 g/mol. The Hall–Kier alpha value is -2.51. The first kappa shape index (κ1) is 14.9. The van der Waals surface area contributed by atoms with Gasteiger partial charge in [-0.05, 0) is 24.3 Å². The molecular weight excluding hydrogens is 289 g/mol. The van der Waals surface area contributed by atoms with Gasteiger partial charge in [-0.15, -0.1) is 0 Å². The molecule has 0 radical (unpaired) electrons. The van der Waals surface area contributed by atoms with Crippen LogP contribution < -0.4 is 9.47 Å². The zero-order valence-electron chi connectivity index (χ0n) is 11.1. The van der Waals surface area contributed by atoms with Gasteiger partial charge in [0.15, 0.2) is 5.69 Å². The monoisotopic (exact) mass is 300 g/mol. The average Bonchev–Trinajstić information content (AvgIpc) is 2.82. The Morgan fingerprint density at radius 2 is 1.76 bits per heavy atom. The number of benzene rings is 1. The molecule has 0 spiro atoms. The van der Waals surface area contributed by atoms with Crippen molar-refractivity contribution in [2.75, 3.05) is 7.11 Å². The lowest BCUT2D eigenvalue weighted by atomic mass is 10.2. The van der Waals surface area contributed by atoms with Gasteiger partial charge in [-0.25, -0.2) is 4.79 Å². The van der Waals surface area contributed by atoms with Crippen LogP contribution in [0.15, 0.2) is 30.5 Å². The van der Waals surface area contributed by atoms with Crippen molar-refractivity contribution < 1.29 is 27.4 Å². The molecule has 0 saturated heterocycles. The second kappa shape index (κ2) is 5.47. The Kier molecular flexibility index (Phi) is 3.88. The van der Waals surface area contributed by atoms with E-state index in [4.69, 9.17) is 9.47 Å². The number of alkyl halides is 3. The molecule has 1 aromatic carbocycles. The van der Waals surface area contributed by atoms with Crippen molar-refractivity contribution in [2.45, 2.75) is 6.18 Å². The largest absolute Gasteiger partial charge is 0.497 e. The van der Waals surface area contributed by atoms with Crippen LogP contribution >= 0.6 is 0 Å². The molecule has 5 nitrogen and oxygen atoms in total. The Morgan fingerprint density at radius 3 is 2.29 bits per heavy atom. The summed E-state index contributed by atoms with van der Waals surface area (Å²) in [6.45, 7) is 0. The summed E-state index contributed by atoms with van der Waals surface area (Å²) in [5.74, 6) is -0.481. The van der Waals surface area contributed by atoms with Crippen molar-refractivity contribution in [3.63, 3.8) is 0 Å². The fourth-order valence-electron chi connectivity index (χ4n) is 1.65. The number of aromatic nitrogens is 2. The molecule has 0 unspecified atom stereocenters. The number of ether oxygens (including phenoxy) is 2. The molecule has 0 aliphatic rings. The number of carbonyl (C=O) groups excluding carboxylic acids is 1. The summed E-state index contributed by atoms with van der Waals surface area (Å²) in [4.78, 5) is 11.8. The van der Waals surface area contributed by atoms with Crippen molar-refractivity contribution in [3.8, 4) is 11.5 Å². The minimum atomic E-state index is -4.73. The van der Waals surface area contributed by atoms with E-state index < -0.39 is 23.4 Å². The van der Waals surface area contributed by atoms with Crippen LogP contribution in [0.3, 0.4) is 0 Å². The van der Waals surface area contributed by atoms with Gasteiger partial charge in [-0.2, -0.15) is 18.3 Å². The fraction of sp³-hybridized carbons (Fsp3) is 0.231. The summed E-state index contributed by atoms with van der Waals surface area (Å²) in [5.41, 5.74) is -1.91. The second-order valence-electron chi connectivity index (χ2n) is 4.13. The number of esters is 1. The molecule has 2 rings (SSSR count). The minimum Gasteiger partial charge on any atom is -0.497 e. The van der Waals surface area contributed by atoms with E-state index in [0.29, 0.717) is 5.75 Å². The molecule has 8 heteroatoms. The first-order valence-corrected chi connectivity index (χ1v) is 5.78. The molecule has 1 heterocycles. The number of methoxy groups -OCH3 is 1. The van der Waals surface area contributed by atoms with Crippen LogP contribution in [-0.2, 0) is 13.2 Å². The number of aryl methyl sites for hydroxylation is 1. The number of hydrogen-bond donors (Lipinski definition) is 0. The number of rotatable bonds is 3. The molecular formula is C13H11F3N2O3. The fourth-order valence-corrected chi connectivity index (χ4v) is 1.65. The number of carbonyl (C=O) groups is 1. The van der Waals surface area contributed by atoms with E-state index in [1.165, 1.54) is 38.4 Å². The van der Waals surface area contributed by atoms with Crippen LogP contribution in [0.4, 0.5) is 13.2 Å². The standard InChI is InChI=1S/C13H11F3N2O3/c1-18-7-10(11(17-18)13(14,15)16)12(19)21-9-5-3-8(20-2)4-6-9/h3-7H,1-2H3. The van der Waals surface area contributed by atoms with Gasteiger partial charge in [0.1, 0.15) is 17.1 Å². The van der Waals surface area contributed by atoms with Crippen LogP contribution in [0.25, 0.3) is 0 Å². The molecule has 0 bridgehead atoms. The van der Waals surface area contributed by atoms with Crippen LogP contribution in [0.1, 0.15) is 16.1 Å². The molecule has 2 aromatic rings. The maximum atomic E-state index is 12.8. The van der Waals surface area contributed by atoms with E-state index in [2.05, 4.69) is 5.10 Å². The predicted molar refractivity (Wildman–Crippen MR) is 66.2 cm³/mol. The van der Waals surface area contributed by atoms with Gasteiger partial charge in [0.2, 0.25) is 0 Å². The summed E-state index contributed by atoms with van der Waals surface area (Å²) in [7, 11) is 2.76. The van der Waals surface area contributed by atoms with E-state index in [0.717, 1.165) is 10.9 Å². The normalized spacial score (nSPS) is 11.3. The van der Waals surface area contributed by atoms with Gasteiger partial charge in [-0.3, -0.25) is 4.68 Å². The van der Waals surface area contributed by atoms with Crippen molar-refractivity contribution in [3.05, 3.63) is 41.7 Å². The molecule has 21 heavy (non-hydrogen) atoms. The van der Waals surface area contributed by atoms with Crippen molar-refractivity contribution in [2.24, 2.45) is 7.05 Å². The smallest absolute Gasteiger partial charge is 0.436 e. The third kappa shape index (κ3) is 3.33. The number of hydrogen-bond acceptors (Lipinski definition) is 4. The van der Waals surface area contributed by atoms with Crippen LogP contribution in [0.5, 0.6) is 11.5 Å². The highest BCUT2D eigenvalue weighted by Gasteiger charge is 2.39. The summed E-state index contributed by atoms with van der Waals surface area (Å²) >= 11 is 0. The highest BCUT2D eigenvalue weighted by atomic mass is 19.4. The predicted octanol–water partition coefficient (Wildman–Crippen LogP) is 2.67. The Morgan fingerprint density at radius 1 is 1.19 bits per heavy atom. The molecule has 0 fully saturated rings. The van der Waals surface area contributed by atoms with Gasteiger partial charge < -0.3 is 9.47 Å². The molecule has 0 N–H and O–H groups in total. The molecule has 0 amide bonds. The van der Waals surface area contributed by atoms with E-state index in [-0.39, 0.29) is 5.75 Å². The minimum absolute atomic E-state index is 0.109. The van der Waals surface area contributed by atoms with Gasteiger partial charge in [-0.1, -0.05) is 0 Å². The Balaban J connectivity index is 2.24. The molecule has 0 saturated carbocycles. The highest BCUT2D eigenvalue weighted by Crippen LogP contribution is 2.31. The molecule has 112 valence electrons. The lowest BCUT2D eigenvalue weighted by Crippen LogP contribution is -2.16. The van der Waals surface area contributed by atoms with Crippen molar-refractivity contribution in [1.29, 1.82) is 0 Å². The van der Waals surface area contributed by atoms with Crippen LogP contribution in [0.2, 0.25) is 0 Å². The molecule has 0 aliphatic heterocycles. The van der Waals surface area contributed by atoms with E-state index in [1.807, 2.05) is 0 Å². The van der Waals surface area contributed by atoms with Gasteiger partial charge in [0, 0.05) is 13.2 Å². The first-order valence-electron chi connectivity index (χ1n) is 5.78. The van der Waals surface area contributed by atoms with Gasteiger partial charge >= 0.3 is 12.1 Å². The second-order valence-corrected chi connectivity index (χ2v) is 4.13. The quantitative estimate of drug-likeness (QED) is 0.646. The summed E-state index contributed by atoms with van der Waals surface area (Å²) in [5, 5.41) is 3.24. The Labute approximate surface area is 117 Å². The van der Waals surface area contributed by atoms with E-state index in [1.54, 1.807) is 0 Å². The zero-order chi connectivity index (χ0) is 15.6. The highest BCUT2D eigenvalue weighted by molar-refractivity contribution is 5.92. The van der Waals surface area contributed by atoms with Crippen molar-refractivity contribution >= 4 is 5.97 Å². The number of halogens is 3. The first-order chi connectivity index (χ1) is 9.81. The van der Waals surface area contributed by atoms with Gasteiger partial charge in [0.05, 0.1) is 7.11 Å². The summed E-state index contributed by atoms with van der Waals surface area (Å²) in [6.07, 6.45) is -3.76. The van der Waals surface area contributed by atoms with Crippen LogP contribution in [0, 0.1) is 0 Å². The van der Waals surface area contributed by atoms with E-state index >= 15 is 0 Å². The number of nitrogens with zero attached hydrogens (tertiary/aromatic N) is 2.